The molecular formula is C12H15BrClNO4S. The Morgan fingerprint density at radius 3 is 2.50 bits per heavy atom. The Morgan fingerprint density at radius 1 is 1.45 bits per heavy atom. The van der Waals surface area contributed by atoms with Crippen molar-refractivity contribution in [2.24, 2.45) is 0 Å². The Bertz CT molecular complexity index is 618. The van der Waals surface area contributed by atoms with Gasteiger partial charge in [-0.2, -0.15) is 0 Å². The monoisotopic (exact) mass is 383 g/mol. The number of hydrogen-bond donors (Lipinski definition) is 0. The lowest BCUT2D eigenvalue weighted by molar-refractivity contribution is 0.0794. The molecule has 0 aliphatic carbocycles. The third-order valence-corrected chi connectivity index (χ3v) is 4.55. The number of nitrogens with zero attached hydrogens (tertiary/aromatic N) is 1. The largest absolute Gasteiger partial charge is 0.494 e. The van der Waals surface area contributed by atoms with E-state index in [1.165, 1.54) is 24.1 Å². The lowest BCUT2D eigenvalue weighted by atomic mass is 10.2. The first-order valence-electron chi connectivity index (χ1n) is 5.80. The van der Waals surface area contributed by atoms with Crippen LogP contribution in [0, 0.1) is 0 Å². The van der Waals surface area contributed by atoms with Gasteiger partial charge in [-0.3, -0.25) is 4.79 Å². The van der Waals surface area contributed by atoms with Crippen molar-refractivity contribution in [3.05, 3.63) is 22.2 Å². The molecule has 1 aromatic rings. The van der Waals surface area contributed by atoms with E-state index >= 15 is 0 Å². The van der Waals surface area contributed by atoms with Gasteiger partial charge in [0.2, 0.25) is 0 Å². The molecule has 0 aromatic heterocycles. The van der Waals surface area contributed by atoms with E-state index in [-0.39, 0.29) is 22.1 Å². The number of ether oxygens (including phenoxy) is 1. The van der Waals surface area contributed by atoms with Crippen LogP contribution in [-0.2, 0) is 9.05 Å². The van der Waals surface area contributed by atoms with Crippen LogP contribution in [0.2, 0.25) is 0 Å². The second-order valence-electron chi connectivity index (χ2n) is 4.15. The summed E-state index contributed by atoms with van der Waals surface area (Å²) in [5, 5.41) is 0. The minimum atomic E-state index is -4.02. The summed E-state index contributed by atoms with van der Waals surface area (Å²) < 4.78 is 28.5. The van der Waals surface area contributed by atoms with Crippen molar-refractivity contribution >= 4 is 41.6 Å². The predicted octanol–water partition coefficient (Wildman–Crippen LogP) is 2.87. The van der Waals surface area contributed by atoms with E-state index in [1.54, 1.807) is 7.05 Å². The molecule has 0 spiro atoms. The minimum absolute atomic E-state index is 0.0784. The number of amides is 1. The number of benzene rings is 1. The summed E-state index contributed by atoms with van der Waals surface area (Å²) in [7, 11) is 4.34. The molecule has 0 N–H and O–H groups in total. The highest BCUT2D eigenvalue weighted by molar-refractivity contribution is 9.10. The lowest BCUT2D eigenvalue weighted by Crippen LogP contribution is -2.27. The van der Waals surface area contributed by atoms with Crippen LogP contribution in [0.4, 0.5) is 0 Å². The molecule has 0 aliphatic rings. The highest BCUT2D eigenvalue weighted by Gasteiger charge is 2.23. The quantitative estimate of drug-likeness (QED) is 0.732. The van der Waals surface area contributed by atoms with E-state index in [4.69, 9.17) is 15.4 Å². The zero-order valence-corrected chi connectivity index (χ0v) is 14.5. The van der Waals surface area contributed by atoms with Gasteiger partial charge in [-0.05, 0) is 34.5 Å². The normalized spacial score (nSPS) is 11.2. The van der Waals surface area contributed by atoms with Crippen molar-refractivity contribution in [1.29, 1.82) is 0 Å². The Morgan fingerprint density at radius 2 is 2.05 bits per heavy atom. The van der Waals surface area contributed by atoms with Crippen LogP contribution >= 0.6 is 26.6 Å². The SMILES string of the molecule is CCCN(C)C(=O)c1cc(Br)c(OC)c(S(=O)(=O)Cl)c1. The standard InChI is InChI=1S/C12H15BrClNO4S/c1-4-5-15(2)12(16)8-6-9(13)11(19-3)10(7-8)20(14,17)18/h6-7H,4-5H2,1-3H3. The minimum Gasteiger partial charge on any atom is -0.494 e. The fraction of sp³-hybridized carbons (Fsp3) is 0.417. The van der Waals surface area contributed by atoms with Gasteiger partial charge in [0.25, 0.3) is 15.0 Å². The zero-order chi connectivity index (χ0) is 15.5. The van der Waals surface area contributed by atoms with Gasteiger partial charge in [0.15, 0.2) is 5.75 Å². The van der Waals surface area contributed by atoms with Gasteiger partial charge in [0.05, 0.1) is 11.6 Å². The van der Waals surface area contributed by atoms with Crippen LogP contribution in [-0.4, -0.2) is 39.9 Å². The molecule has 8 heteroatoms. The average Bonchev–Trinajstić information content (AvgIpc) is 2.36. The third kappa shape index (κ3) is 3.86. The molecule has 5 nitrogen and oxygen atoms in total. The predicted molar refractivity (Wildman–Crippen MR) is 81.0 cm³/mol. The maximum Gasteiger partial charge on any atom is 0.265 e. The number of hydrogen-bond acceptors (Lipinski definition) is 4. The molecule has 0 fully saturated rings. The molecule has 0 saturated heterocycles. The molecule has 0 radical (unpaired) electrons. The van der Waals surface area contributed by atoms with E-state index in [2.05, 4.69) is 15.9 Å². The maximum absolute atomic E-state index is 12.2. The Balaban J connectivity index is 3.39. The maximum atomic E-state index is 12.2. The van der Waals surface area contributed by atoms with Crippen molar-refractivity contribution in [3.8, 4) is 5.75 Å². The number of rotatable bonds is 5. The van der Waals surface area contributed by atoms with E-state index in [1.807, 2.05) is 6.92 Å². The summed E-state index contributed by atoms with van der Waals surface area (Å²) in [5.41, 5.74) is 0.229. The number of carbonyl (C=O) groups is 1. The van der Waals surface area contributed by atoms with Gasteiger partial charge < -0.3 is 9.64 Å². The molecule has 0 atom stereocenters. The molecule has 1 amide bonds. The van der Waals surface area contributed by atoms with Gasteiger partial charge >= 0.3 is 0 Å². The molecular weight excluding hydrogens is 370 g/mol. The van der Waals surface area contributed by atoms with Crippen LogP contribution < -0.4 is 4.74 Å². The second-order valence-corrected chi connectivity index (χ2v) is 7.54. The van der Waals surface area contributed by atoms with Gasteiger partial charge in [0.1, 0.15) is 4.90 Å². The smallest absolute Gasteiger partial charge is 0.265 e. The fourth-order valence-electron chi connectivity index (χ4n) is 1.73. The van der Waals surface area contributed by atoms with E-state index in [0.717, 1.165) is 6.42 Å². The zero-order valence-electron chi connectivity index (χ0n) is 11.3. The van der Waals surface area contributed by atoms with Crippen molar-refractivity contribution in [3.63, 3.8) is 0 Å². The van der Waals surface area contributed by atoms with E-state index < -0.39 is 9.05 Å². The van der Waals surface area contributed by atoms with Crippen molar-refractivity contribution < 1.29 is 17.9 Å². The molecule has 1 aromatic carbocycles. The molecule has 0 aliphatic heterocycles. The molecule has 1 rings (SSSR count). The second kappa shape index (κ2) is 6.78. The van der Waals surface area contributed by atoms with E-state index in [0.29, 0.717) is 11.0 Å². The van der Waals surface area contributed by atoms with Gasteiger partial charge in [-0.1, -0.05) is 6.92 Å². The Hall–Kier alpha value is -0.790. The van der Waals surface area contributed by atoms with Crippen molar-refractivity contribution in [2.75, 3.05) is 20.7 Å². The van der Waals surface area contributed by atoms with Crippen molar-refractivity contribution in [2.45, 2.75) is 18.2 Å². The number of halogens is 2. The summed E-state index contributed by atoms with van der Waals surface area (Å²) in [4.78, 5) is 13.5. The fourth-order valence-corrected chi connectivity index (χ4v) is 3.51. The summed E-state index contributed by atoms with van der Waals surface area (Å²) >= 11 is 3.19. The van der Waals surface area contributed by atoms with Crippen LogP contribution in [0.5, 0.6) is 5.75 Å². The highest BCUT2D eigenvalue weighted by atomic mass is 79.9. The molecule has 0 unspecified atom stereocenters. The van der Waals surface area contributed by atoms with Crippen molar-refractivity contribution in [1.82, 2.24) is 4.90 Å². The third-order valence-electron chi connectivity index (χ3n) is 2.63. The number of methoxy groups -OCH3 is 1. The number of carbonyl (C=O) groups excluding carboxylic acids is 1. The summed E-state index contributed by atoms with van der Waals surface area (Å²) in [6.45, 7) is 2.52. The Kier molecular flexibility index (Phi) is 5.85. The topological polar surface area (TPSA) is 63.7 Å². The molecule has 0 heterocycles. The summed E-state index contributed by atoms with van der Waals surface area (Å²) in [6, 6.07) is 2.74. The van der Waals surface area contributed by atoms with Gasteiger partial charge in [-0.25, -0.2) is 8.42 Å². The molecule has 20 heavy (non-hydrogen) atoms. The van der Waals surface area contributed by atoms with Crippen LogP contribution in [0.3, 0.4) is 0 Å². The molecule has 0 bridgehead atoms. The lowest BCUT2D eigenvalue weighted by Gasteiger charge is -2.17. The van der Waals surface area contributed by atoms with E-state index in [9.17, 15) is 13.2 Å². The van der Waals surface area contributed by atoms with Gasteiger partial charge in [-0.15, -0.1) is 0 Å². The summed E-state index contributed by atoms with van der Waals surface area (Å²) in [5.74, 6) is -0.202. The van der Waals surface area contributed by atoms with Crippen LogP contribution in [0.1, 0.15) is 23.7 Å². The first-order chi connectivity index (χ1) is 9.22. The van der Waals surface area contributed by atoms with Crippen LogP contribution in [0.15, 0.2) is 21.5 Å². The Labute approximate surface area is 131 Å². The van der Waals surface area contributed by atoms with Gasteiger partial charge in [0, 0.05) is 29.8 Å². The molecule has 112 valence electrons. The van der Waals surface area contributed by atoms with Crippen LogP contribution in [0.25, 0.3) is 0 Å². The average molecular weight is 385 g/mol. The highest BCUT2D eigenvalue weighted by Crippen LogP contribution is 2.35. The summed E-state index contributed by atoms with van der Waals surface area (Å²) in [6.07, 6.45) is 0.806. The first-order valence-corrected chi connectivity index (χ1v) is 8.90. The molecule has 0 saturated carbocycles. The first kappa shape index (κ1) is 17.3.